The maximum absolute atomic E-state index is 13.1. The minimum absolute atomic E-state index is 0.155. The summed E-state index contributed by atoms with van der Waals surface area (Å²) in [5.74, 6) is 0.638. The molecule has 0 N–H and O–H groups in total. The molecule has 1 aromatic carbocycles. The second-order valence-electron chi connectivity index (χ2n) is 6.00. The number of aryl methyl sites for hydroxylation is 1. The van der Waals surface area contributed by atoms with Crippen LogP contribution < -0.4 is 9.64 Å². The number of hydrogen-bond donors (Lipinski definition) is 0. The van der Waals surface area contributed by atoms with Crippen LogP contribution in [0.25, 0.3) is 10.8 Å². The van der Waals surface area contributed by atoms with Gasteiger partial charge in [0.2, 0.25) is 16.8 Å². The third kappa shape index (κ3) is 3.72. The summed E-state index contributed by atoms with van der Waals surface area (Å²) in [6.07, 6.45) is -4.23. The van der Waals surface area contributed by atoms with Crippen molar-refractivity contribution in [1.82, 2.24) is 20.3 Å². The van der Waals surface area contributed by atoms with Gasteiger partial charge >= 0.3 is 6.18 Å². The maximum Gasteiger partial charge on any atom is 0.419 e. The lowest BCUT2D eigenvalue weighted by atomic mass is 10.2. The summed E-state index contributed by atoms with van der Waals surface area (Å²) in [4.78, 5) is 6.03. The zero-order valence-corrected chi connectivity index (χ0v) is 14.9. The summed E-state index contributed by atoms with van der Waals surface area (Å²) in [7, 11) is 0. The van der Waals surface area contributed by atoms with E-state index in [1.54, 1.807) is 6.92 Å². The topological polar surface area (TPSA) is 77.2 Å². The van der Waals surface area contributed by atoms with E-state index in [1.807, 2.05) is 4.90 Å². The molecule has 0 saturated carbocycles. The first kappa shape index (κ1) is 17.7. The molecule has 1 aliphatic heterocycles. The molecule has 0 amide bonds. The van der Waals surface area contributed by atoms with Crippen LogP contribution in [-0.4, -0.2) is 39.5 Å². The number of hydrogen-bond acceptors (Lipinski definition) is 8. The van der Waals surface area contributed by atoms with Gasteiger partial charge in [-0.2, -0.15) is 18.2 Å². The molecule has 3 aromatic rings. The fraction of sp³-hybridized carbons (Fsp3) is 0.375. The number of nitrogens with zero attached hydrogens (tertiary/aromatic N) is 5. The normalized spacial score (nSPS) is 17.5. The van der Waals surface area contributed by atoms with Crippen LogP contribution in [0.5, 0.6) is 5.75 Å². The van der Waals surface area contributed by atoms with Gasteiger partial charge in [-0.05, 0) is 12.1 Å². The summed E-state index contributed by atoms with van der Waals surface area (Å²) >= 11 is 1.30. The molecule has 0 aliphatic carbocycles. The lowest BCUT2D eigenvalue weighted by Gasteiger charge is -2.18. The molecular formula is C16H14F3N5O2S. The number of benzene rings is 1. The quantitative estimate of drug-likeness (QED) is 0.666. The number of aromatic nitrogens is 4. The smallest absolute Gasteiger partial charge is 0.419 e. The first-order valence-corrected chi connectivity index (χ1v) is 8.94. The van der Waals surface area contributed by atoms with Crippen molar-refractivity contribution in [3.63, 3.8) is 0 Å². The molecule has 7 nitrogen and oxygen atoms in total. The largest absolute Gasteiger partial charge is 0.488 e. The molecule has 1 fully saturated rings. The summed E-state index contributed by atoms with van der Waals surface area (Å²) in [6, 6.07) is 5.24. The molecule has 1 saturated heterocycles. The molecule has 142 valence electrons. The lowest BCUT2D eigenvalue weighted by Crippen LogP contribution is -2.25. The zero-order valence-electron chi connectivity index (χ0n) is 14.1. The van der Waals surface area contributed by atoms with Crippen molar-refractivity contribution >= 4 is 16.5 Å². The predicted molar refractivity (Wildman–Crippen MR) is 90.6 cm³/mol. The van der Waals surface area contributed by atoms with Crippen molar-refractivity contribution < 1.29 is 22.4 Å². The Labute approximate surface area is 155 Å². The Morgan fingerprint density at radius 2 is 2.07 bits per heavy atom. The molecular weight excluding hydrogens is 383 g/mol. The van der Waals surface area contributed by atoms with Crippen molar-refractivity contribution in [2.75, 3.05) is 18.0 Å². The number of para-hydroxylation sites is 1. The summed E-state index contributed by atoms with van der Waals surface area (Å²) in [5.41, 5.74) is -0.769. The SMILES string of the molecule is Cc1nc(-c2nnc(N3CCC(Oc4ccccc4C(F)(F)F)C3)s2)no1. The highest BCUT2D eigenvalue weighted by Crippen LogP contribution is 2.37. The second kappa shape index (κ2) is 6.80. The number of anilines is 1. The van der Waals surface area contributed by atoms with Crippen molar-refractivity contribution in [2.45, 2.75) is 25.6 Å². The van der Waals surface area contributed by atoms with Gasteiger partial charge in [-0.15, -0.1) is 10.2 Å². The highest BCUT2D eigenvalue weighted by Gasteiger charge is 2.35. The van der Waals surface area contributed by atoms with E-state index in [9.17, 15) is 13.2 Å². The van der Waals surface area contributed by atoms with Crippen LogP contribution in [0.4, 0.5) is 18.3 Å². The molecule has 0 radical (unpaired) electrons. The van der Waals surface area contributed by atoms with E-state index in [2.05, 4.69) is 20.3 Å². The molecule has 0 bridgehead atoms. The van der Waals surface area contributed by atoms with Crippen molar-refractivity contribution in [3.05, 3.63) is 35.7 Å². The van der Waals surface area contributed by atoms with Gasteiger partial charge in [-0.1, -0.05) is 28.6 Å². The van der Waals surface area contributed by atoms with E-state index in [0.717, 1.165) is 6.07 Å². The Morgan fingerprint density at radius 3 is 2.81 bits per heavy atom. The molecule has 1 atom stereocenters. The van der Waals surface area contributed by atoms with Crippen LogP contribution in [0.2, 0.25) is 0 Å². The summed E-state index contributed by atoms with van der Waals surface area (Å²) < 4.78 is 49.9. The average molecular weight is 397 g/mol. The van der Waals surface area contributed by atoms with Crippen molar-refractivity contribution in [1.29, 1.82) is 0 Å². The first-order valence-electron chi connectivity index (χ1n) is 8.12. The summed E-state index contributed by atoms with van der Waals surface area (Å²) in [5, 5.41) is 13.1. The van der Waals surface area contributed by atoms with Gasteiger partial charge < -0.3 is 14.2 Å². The fourth-order valence-electron chi connectivity index (χ4n) is 2.80. The Balaban J connectivity index is 1.45. The van der Waals surface area contributed by atoms with Crippen LogP contribution in [-0.2, 0) is 6.18 Å². The summed E-state index contributed by atoms with van der Waals surface area (Å²) in [6.45, 7) is 2.71. The van der Waals surface area contributed by atoms with Gasteiger partial charge in [0.25, 0.3) is 0 Å². The van der Waals surface area contributed by atoms with Gasteiger partial charge in [-0.3, -0.25) is 0 Å². The van der Waals surface area contributed by atoms with E-state index < -0.39 is 11.7 Å². The molecule has 3 heterocycles. The number of rotatable bonds is 4. The zero-order chi connectivity index (χ0) is 19.0. The number of alkyl halides is 3. The molecule has 1 aliphatic rings. The van der Waals surface area contributed by atoms with Crippen LogP contribution in [0.3, 0.4) is 0 Å². The molecule has 11 heteroatoms. The standard InChI is InChI=1S/C16H14F3N5O2S/c1-9-20-13(23-26-9)14-21-22-15(27-14)24-7-6-10(8-24)25-12-5-3-2-4-11(12)16(17,18)19/h2-5,10H,6-8H2,1H3. The van der Waals surface area contributed by atoms with Crippen molar-refractivity contribution in [3.8, 4) is 16.6 Å². The van der Waals surface area contributed by atoms with Crippen LogP contribution >= 0.6 is 11.3 Å². The van der Waals surface area contributed by atoms with E-state index in [4.69, 9.17) is 9.26 Å². The highest BCUT2D eigenvalue weighted by molar-refractivity contribution is 7.18. The van der Waals surface area contributed by atoms with Gasteiger partial charge in [-0.25, -0.2) is 0 Å². The van der Waals surface area contributed by atoms with E-state index in [-0.39, 0.29) is 11.9 Å². The minimum Gasteiger partial charge on any atom is -0.488 e. The molecule has 1 unspecified atom stereocenters. The van der Waals surface area contributed by atoms with Gasteiger partial charge in [0, 0.05) is 19.9 Å². The Kier molecular flexibility index (Phi) is 4.46. The van der Waals surface area contributed by atoms with Gasteiger partial charge in [0.05, 0.1) is 12.1 Å². The second-order valence-corrected chi connectivity index (χ2v) is 6.95. The van der Waals surface area contributed by atoms with Gasteiger partial charge in [0.1, 0.15) is 11.9 Å². The molecule has 0 spiro atoms. The van der Waals surface area contributed by atoms with E-state index >= 15 is 0 Å². The maximum atomic E-state index is 13.1. The third-order valence-electron chi connectivity index (χ3n) is 4.03. The van der Waals surface area contributed by atoms with Gasteiger partial charge in [0.15, 0.2) is 5.01 Å². The highest BCUT2D eigenvalue weighted by atomic mass is 32.1. The third-order valence-corrected chi connectivity index (χ3v) is 5.01. The Bertz CT molecular complexity index is 942. The predicted octanol–water partition coefficient (Wildman–Crippen LogP) is 3.57. The fourth-order valence-corrected chi connectivity index (χ4v) is 3.61. The monoisotopic (exact) mass is 397 g/mol. The van der Waals surface area contributed by atoms with Crippen LogP contribution in [0, 0.1) is 6.92 Å². The minimum atomic E-state index is -4.45. The number of ether oxygens (including phenoxy) is 1. The molecule has 2 aromatic heterocycles. The number of halogens is 3. The van der Waals surface area contributed by atoms with E-state index in [1.165, 1.54) is 29.5 Å². The Morgan fingerprint density at radius 1 is 1.26 bits per heavy atom. The van der Waals surface area contributed by atoms with E-state index in [0.29, 0.717) is 41.4 Å². The molecule has 27 heavy (non-hydrogen) atoms. The first-order chi connectivity index (χ1) is 12.9. The van der Waals surface area contributed by atoms with Crippen molar-refractivity contribution in [2.24, 2.45) is 0 Å². The van der Waals surface area contributed by atoms with Crippen LogP contribution in [0.1, 0.15) is 17.9 Å². The Hall–Kier alpha value is -2.69. The average Bonchev–Trinajstić information content (AvgIpc) is 3.34. The van der Waals surface area contributed by atoms with Crippen LogP contribution in [0.15, 0.2) is 28.8 Å². The molecule has 4 rings (SSSR count). The lowest BCUT2D eigenvalue weighted by molar-refractivity contribution is -0.139.